The molecule has 1 N–H and O–H groups in total. The summed E-state index contributed by atoms with van der Waals surface area (Å²) in [5, 5.41) is 8.80. The number of halogens is 2. The van der Waals surface area contributed by atoms with Gasteiger partial charge >= 0.3 is 0 Å². The van der Waals surface area contributed by atoms with E-state index in [1.807, 2.05) is 0 Å². The number of carbonyl (C=O) groups excluding carboxylic acids is 1. The molecule has 29 heavy (non-hydrogen) atoms. The Kier molecular flexibility index (Phi) is 5.39. The number of benzene rings is 2. The molecule has 2 heterocycles. The van der Waals surface area contributed by atoms with Gasteiger partial charge in [0, 0.05) is 29.3 Å². The molecule has 0 aliphatic rings. The van der Waals surface area contributed by atoms with Crippen molar-refractivity contribution in [3.8, 4) is 22.6 Å². The van der Waals surface area contributed by atoms with Crippen molar-refractivity contribution < 1.29 is 18.1 Å². The van der Waals surface area contributed by atoms with E-state index in [9.17, 15) is 13.6 Å². The van der Waals surface area contributed by atoms with Crippen LogP contribution in [0.25, 0.3) is 22.6 Å². The second-order valence-electron chi connectivity index (χ2n) is 6.11. The zero-order chi connectivity index (χ0) is 20.2. The summed E-state index contributed by atoms with van der Waals surface area (Å²) in [4.78, 5) is 20.7. The summed E-state index contributed by atoms with van der Waals surface area (Å²) in [6.07, 6.45) is 0.396. The van der Waals surface area contributed by atoms with Gasteiger partial charge in [0.05, 0.1) is 5.69 Å². The van der Waals surface area contributed by atoms with E-state index in [2.05, 4.69) is 20.4 Å². The number of thiazole rings is 1. The van der Waals surface area contributed by atoms with Gasteiger partial charge in [-0.25, -0.2) is 13.8 Å². The van der Waals surface area contributed by atoms with E-state index in [1.165, 1.54) is 35.6 Å². The predicted octanol–water partition coefficient (Wildman–Crippen LogP) is 4.71. The number of rotatable bonds is 6. The van der Waals surface area contributed by atoms with Gasteiger partial charge in [-0.15, -0.1) is 11.3 Å². The molecule has 0 unspecified atom stereocenters. The maximum absolute atomic E-state index is 13.0. The second kappa shape index (κ2) is 8.27. The fourth-order valence-corrected chi connectivity index (χ4v) is 3.30. The number of hydrogen-bond acceptors (Lipinski definition) is 6. The van der Waals surface area contributed by atoms with Gasteiger partial charge in [0.2, 0.25) is 17.6 Å². The van der Waals surface area contributed by atoms with Crippen molar-refractivity contribution in [1.29, 1.82) is 0 Å². The first-order valence-electron chi connectivity index (χ1n) is 8.67. The highest BCUT2D eigenvalue weighted by Gasteiger charge is 2.12. The quantitative estimate of drug-likeness (QED) is 0.496. The van der Waals surface area contributed by atoms with Crippen LogP contribution in [0, 0.1) is 11.6 Å². The number of nitrogens with zero attached hydrogens (tertiary/aromatic N) is 3. The van der Waals surface area contributed by atoms with Gasteiger partial charge in [-0.05, 0) is 48.5 Å². The molecule has 4 rings (SSSR count). The minimum absolute atomic E-state index is 0.135. The number of amides is 1. The zero-order valence-corrected chi connectivity index (χ0v) is 15.7. The monoisotopic (exact) mass is 412 g/mol. The number of hydrogen-bond donors (Lipinski definition) is 1. The van der Waals surface area contributed by atoms with Crippen LogP contribution in [-0.4, -0.2) is 21.0 Å². The van der Waals surface area contributed by atoms with Crippen LogP contribution in [0.2, 0.25) is 0 Å². The Morgan fingerprint density at radius 2 is 1.62 bits per heavy atom. The Balaban J connectivity index is 1.33. The summed E-state index contributed by atoms with van der Waals surface area (Å²) in [7, 11) is 0. The van der Waals surface area contributed by atoms with E-state index in [0.717, 1.165) is 5.56 Å². The van der Waals surface area contributed by atoms with Gasteiger partial charge < -0.3 is 9.84 Å². The molecule has 0 saturated carbocycles. The van der Waals surface area contributed by atoms with Crippen molar-refractivity contribution in [2.45, 2.75) is 12.8 Å². The molecule has 0 spiro atoms. The van der Waals surface area contributed by atoms with E-state index in [4.69, 9.17) is 4.52 Å². The summed E-state index contributed by atoms with van der Waals surface area (Å²) < 4.78 is 31.1. The highest BCUT2D eigenvalue weighted by Crippen LogP contribution is 2.25. The third-order valence-electron chi connectivity index (χ3n) is 4.03. The van der Waals surface area contributed by atoms with Crippen LogP contribution < -0.4 is 5.32 Å². The molecule has 1 amide bonds. The van der Waals surface area contributed by atoms with Crippen molar-refractivity contribution in [1.82, 2.24) is 15.1 Å². The molecular formula is C20H14F2N4O2S. The molecule has 0 radical (unpaired) electrons. The van der Waals surface area contributed by atoms with Crippen molar-refractivity contribution >= 4 is 22.4 Å². The van der Waals surface area contributed by atoms with Crippen LogP contribution in [0.4, 0.5) is 13.9 Å². The van der Waals surface area contributed by atoms with Crippen molar-refractivity contribution in [3.05, 3.63) is 71.4 Å². The lowest BCUT2D eigenvalue weighted by molar-refractivity contribution is -0.116. The van der Waals surface area contributed by atoms with Gasteiger partial charge in [0.15, 0.2) is 5.13 Å². The van der Waals surface area contributed by atoms with E-state index >= 15 is 0 Å². The molecule has 0 aliphatic carbocycles. The van der Waals surface area contributed by atoms with Gasteiger partial charge in [0.1, 0.15) is 11.6 Å². The molecule has 0 saturated heterocycles. The topological polar surface area (TPSA) is 80.9 Å². The van der Waals surface area contributed by atoms with Crippen molar-refractivity contribution in [2.75, 3.05) is 5.32 Å². The fourth-order valence-electron chi connectivity index (χ4n) is 2.56. The number of anilines is 1. The molecule has 0 fully saturated rings. The smallest absolute Gasteiger partial charge is 0.227 e. The van der Waals surface area contributed by atoms with Crippen LogP contribution in [0.1, 0.15) is 12.3 Å². The van der Waals surface area contributed by atoms with Crippen LogP contribution in [0.5, 0.6) is 0 Å². The minimum atomic E-state index is -0.348. The van der Waals surface area contributed by atoms with Gasteiger partial charge in [-0.3, -0.25) is 4.79 Å². The Hall–Kier alpha value is -3.46. The number of aromatic nitrogens is 3. The SMILES string of the molecule is O=C(CCc1nc(-c2ccc(F)cc2)no1)Nc1nc(-c2ccc(F)cc2)cs1. The molecule has 2 aromatic heterocycles. The first kappa shape index (κ1) is 18.9. The summed E-state index contributed by atoms with van der Waals surface area (Å²) in [6, 6.07) is 11.7. The number of carbonyl (C=O) groups is 1. The number of nitrogens with one attached hydrogen (secondary N) is 1. The standard InChI is InChI=1S/C20H14F2N4O2S/c21-14-5-1-12(2-6-14)16-11-29-20(23-16)24-17(27)9-10-18-25-19(26-28-18)13-3-7-15(22)8-4-13/h1-8,11H,9-10H2,(H,23,24,27). The van der Waals surface area contributed by atoms with E-state index < -0.39 is 0 Å². The molecule has 0 atom stereocenters. The van der Waals surface area contributed by atoms with Crippen molar-refractivity contribution in [2.24, 2.45) is 0 Å². The summed E-state index contributed by atoms with van der Waals surface area (Å²) in [5.74, 6) is -0.263. The summed E-state index contributed by atoms with van der Waals surface area (Å²) in [6.45, 7) is 0. The van der Waals surface area contributed by atoms with Crippen molar-refractivity contribution in [3.63, 3.8) is 0 Å². The second-order valence-corrected chi connectivity index (χ2v) is 6.97. The van der Waals surface area contributed by atoms with E-state index in [1.54, 1.807) is 29.6 Å². The lowest BCUT2D eigenvalue weighted by Crippen LogP contribution is -2.12. The zero-order valence-electron chi connectivity index (χ0n) is 14.9. The average Bonchev–Trinajstić information content (AvgIpc) is 3.37. The summed E-state index contributed by atoms with van der Waals surface area (Å²) in [5.41, 5.74) is 2.05. The van der Waals surface area contributed by atoms with Gasteiger partial charge in [-0.1, -0.05) is 5.16 Å². The Morgan fingerprint density at radius 3 is 2.31 bits per heavy atom. The normalized spacial score (nSPS) is 10.8. The average molecular weight is 412 g/mol. The van der Waals surface area contributed by atoms with Crippen LogP contribution in [0.15, 0.2) is 58.4 Å². The molecule has 4 aromatic rings. The molecule has 2 aromatic carbocycles. The Labute approximate surface area is 168 Å². The molecule has 146 valence electrons. The lowest BCUT2D eigenvalue weighted by atomic mass is 10.2. The molecule has 0 bridgehead atoms. The van der Waals surface area contributed by atoms with Crippen LogP contribution in [0.3, 0.4) is 0 Å². The van der Waals surface area contributed by atoms with Crippen LogP contribution in [-0.2, 0) is 11.2 Å². The highest BCUT2D eigenvalue weighted by atomic mass is 32.1. The minimum Gasteiger partial charge on any atom is -0.339 e. The predicted molar refractivity (Wildman–Crippen MR) is 104 cm³/mol. The van der Waals surface area contributed by atoms with E-state index in [0.29, 0.717) is 28.1 Å². The highest BCUT2D eigenvalue weighted by molar-refractivity contribution is 7.14. The third kappa shape index (κ3) is 4.69. The largest absolute Gasteiger partial charge is 0.339 e. The van der Waals surface area contributed by atoms with Gasteiger partial charge in [-0.2, -0.15) is 4.98 Å². The molecule has 9 heteroatoms. The maximum atomic E-state index is 13.0. The maximum Gasteiger partial charge on any atom is 0.227 e. The summed E-state index contributed by atoms with van der Waals surface area (Å²) >= 11 is 1.28. The Morgan fingerprint density at radius 1 is 0.966 bits per heavy atom. The fraction of sp³-hybridized carbons (Fsp3) is 0.100. The third-order valence-corrected chi connectivity index (χ3v) is 4.78. The van der Waals surface area contributed by atoms with Crippen LogP contribution >= 0.6 is 11.3 Å². The number of aryl methyl sites for hydroxylation is 1. The van der Waals surface area contributed by atoms with E-state index in [-0.39, 0.29) is 30.4 Å². The lowest BCUT2D eigenvalue weighted by Gasteiger charge is -1.99. The molecule has 6 nitrogen and oxygen atoms in total. The molecule has 0 aliphatic heterocycles. The molecular weight excluding hydrogens is 398 g/mol. The van der Waals surface area contributed by atoms with Gasteiger partial charge in [0.25, 0.3) is 0 Å². The first-order valence-corrected chi connectivity index (χ1v) is 9.54. The first-order chi connectivity index (χ1) is 14.1. The Bertz CT molecular complexity index is 1120.